The van der Waals surface area contributed by atoms with Gasteiger partial charge < -0.3 is 4.90 Å². The molecule has 1 saturated heterocycles. The van der Waals surface area contributed by atoms with Crippen LogP contribution in [0.3, 0.4) is 0 Å². The molecule has 1 aromatic rings. The van der Waals surface area contributed by atoms with Gasteiger partial charge in [0.2, 0.25) is 0 Å². The topological polar surface area (TPSA) is 46.1 Å². The molecule has 17 heavy (non-hydrogen) atoms. The maximum absolute atomic E-state index is 12.2. The van der Waals surface area contributed by atoms with E-state index in [4.69, 9.17) is 11.6 Å². The Labute approximate surface area is 106 Å². The van der Waals surface area contributed by atoms with Gasteiger partial charge in [0.25, 0.3) is 5.91 Å². The summed E-state index contributed by atoms with van der Waals surface area (Å²) in [6.45, 7) is 1.65. The van der Waals surface area contributed by atoms with Gasteiger partial charge in [-0.15, -0.1) is 10.2 Å². The van der Waals surface area contributed by atoms with Crippen LogP contribution in [-0.2, 0) is 0 Å². The van der Waals surface area contributed by atoms with E-state index in [9.17, 15) is 4.79 Å². The number of halogens is 1. The van der Waals surface area contributed by atoms with E-state index < -0.39 is 0 Å². The monoisotopic (exact) mass is 253 g/mol. The highest BCUT2D eigenvalue weighted by Gasteiger charge is 2.17. The third-order valence-electron chi connectivity index (χ3n) is 2.99. The highest BCUT2D eigenvalue weighted by molar-refractivity contribution is 6.29. The highest BCUT2D eigenvalue weighted by atomic mass is 35.5. The van der Waals surface area contributed by atoms with Gasteiger partial charge in [-0.3, -0.25) is 4.79 Å². The fourth-order valence-electron chi connectivity index (χ4n) is 2.04. The third kappa shape index (κ3) is 3.40. The SMILES string of the molecule is O=C(c1ccc(Cl)nn1)N1CCCCCCC1. The Morgan fingerprint density at radius 2 is 1.71 bits per heavy atom. The predicted octanol–water partition coefficient (Wildman–Crippen LogP) is 2.54. The van der Waals surface area contributed by atoms with E-state index in [-0.39, 0.29) is 5.91 Å². The van der Waals surface area contributed by atoms with Crippen LogP contribution in [0, 0.1) is 0 Å². The first-order valence-corrected chi connectivity index (χ1v) is 6.44. The minimum Gasteiger partial charge on any atom is -0.337 e. The van der Waals surface area contributed by atoms with Crippen LogP contribution in [0.15, 0.2) is 12.1 Å². The molecule has 4 nitrogen and oxygen atoms in total. The van der Waals surface area contributed by atoms with Gasteiger partial charge in [0.15, 0.2) is 10.8 Å². The Morgan fingerprint density at radius 3 is 2.29 bits per heavy atom. The molecule has 92 valence electrons. The van der Waals surface area contributed by atoms with Crippen molar-refractivity contribution in [3.05, 3.63) is 23.0 Å². The number of hydrogen-bond acceptors (Lipinski definition) is 3. The molecule has 1 fully saturated rings. The van der Waals surface area contributed by atoms with Gasteiger partial charge in [0, 0.05) is 13.1 Å². The fraction of sp³-hybridized carbons (Fsp3) is 0.583. The summed E-state index contributed by atoms with van der Waals surface area (Å²) in [5, 5.41) is 7.85. The lowest BCUT2D eigenvalue weighted by atomic mass is 10.1. The molecule has 0 unspecified atom stereocenters. The summed E-state index contributed by atoms with van der Waals surface area (Å²) in [6, 6.07) is 3.24. The summed E-state index contributed by atoms with van der Waals surface area (Å²) >= 11 is 5.65. The van der Waals surface area contributed by atoms with Crippen LogP contribution in [0.5, 0.6) is 0 Å². The first kappa shape index (κ1) is 12.3. The molecule has 1 amide bonds. The van der Waals surface area contributed by atoms with Crippen LogP contribution in [0.2, 0.25) is 5.15 Å². The number of rotatable bonds is 1. The number of likely N-dealkylation sites (tertiary alicyclic amines) is 1. The zero-order valence-electron chi connectivity index (χ0n) is 9.73. The molecule has 1 aliphatic rings. The van der Waals surface area contributed by atoms with Crippen LogP contribution in [-0.4, -0.2) is 34.1 Å². The summed E-state index contributed by atoms with van der Waals surface area (Å²) < 4.78 is 0. The van der Waals surface area contributed by atoms with E-state index in [1.165, 1.54) is 19.3 Å². The largest absolute Gasteiger partial charge is 0.337 e. The lowest BCUT2D eigenvalue weighted by Crippen LogP contribution is -2.34. The normalized spacial score (nSPS) is 17.4. The summed E-state index contributed by atoms with van der Waals surface area (Å²) in [5.41, 5.74) is 0.384. The smallest absolute Gasteiger partial charge is 0.274 e. The molecule has 0 saturated carbocycles. The second kappa shape index (κ2) is 5.96. The van der Waals surface area contributed by atoms with Crippen molar-refractivity contribution < 1.29 is 4.79 Å². The Morgan fingerprint density at radius 1 is 1.06 bits per heavy atom. The average Bonchev–Trinajstić information content (AvgIpc) is 2.29. The van der Waals surface area contributed by atoms with Crippen molar-refractivity contribution in [2.45, 2.75) is 32.1 Å². The van der Waals surface area contributed by atoms with Crippen molar-refractivity contribution in [2.75, 3.05) is 13.1 Å². The Hall–Kier alpha value is -1.16. The number of hydrogen-bond donors (Lipinski definition) is 0. The molecule has 5 heteroatoms. The number of carbonyl (C=O) groups is 1. The van der Waals surface area contributed by atoms with Crippen LogP contribution >= 0.6 is 11.6 Å². The predicted molar refractivity (Wildman–Crippen MR) is 66.0 cm³/mol. The van der Waals surface area contributed by atoms with Crippen LogP contribution < -0.4 is 0 Å². The highest BCUT2D eigenvalue weighted by Crippen LogP contribution is 2.13. The molecule has 0 atom stereocenters. The Kier molecular flexibility index (Phi) is 4.31. The van der Waals surface area contributed by atoms with Gasteiger partial charge in [0.05, 0.1) is 0 Å². The minimum absolute atomic E-state index is 0.0314. The summed E-state index contributed by atoms with van der Waals surface area (Å²) in [6.07, 6.45) is 5.84. The Balaban J connectivity index is 2.04. The van der Waals surface area contributed by atoms with E-state index in [0.29, 0.717) is 10.8 Å². The van der Waals surface area contributed by atoms with E-state index in [2.05, 4.69) is 10.2 Å². The number of aromatic nitrogens is 2. The quantitative estimate of drug-likeness (QED) is 0.773. The second-order valence-corrected chi connectivity index (χ2v) is 4.69. The zero-order chi connectivity index (χ0) is 12.1. The van der Waals surface area contributed by atoms with Gasteiger partial charge in [-0.1, -0.05) is 30.9 Å². The first-order chi connectivity index (χ1) is 8.27. The van der Waals surface area contributed by atoms with Crippen LogP contribution in [0.4, 0.5) is 0 Å². The van der Waals surface area contributed by atoms with Crippen molar-refractivity contribution in [1.29, 1.82) is 0 Å². The van der Waals surface area contributed by atoms with Gasteiger partial charge in [-0.25, -0.2) is 0 Å². The van der Waals surface area contributed by atoms with Crippen LogP contribution in [0.1, 0.15) is 42.6 Å². The molecule has 0 radical (unpaired) electrons. The number of carbonyl (C=O) groups excluding carboxylic acids is 1. The molecule has 0 N–H and O–H groups in total. The Bertz CT molecular complexity index is 372. The molecular weight excluding hydrogens is 238 g/mol. The van der Waals surface area contributed by atoms with E-state index in [1.54, 1.807) is 12.1 Å². The van der Waals surface area contributed by atoms with Crippen molar-refractivity contribution in [1.82, 2.24) is 15.1 Å². The molecule has 0 spiro atoms. The van der Waals surface area contributed by atoms with Crippen molar-refractivity contribution in [2.24, 2.45) is 0 Å². The lowest BCUT2D eigenvalue weighted by Gasteiger charge is -2.24. The number of nitrogens with zero attached hydrogens (tertiary/aromatic N) is 3. The van der Waals surface area contributed by atoms with Crippen LogP contribution in [0.25, 0.3) is 0 Å². The average molecular weight is 254 g/mol. The second-order valence-electron chi connectivity index (χ2n) is 4.30. The molecule has 1 aromatic heterocycles. The molecular formula is C12H16ClN3O. The van der Waals surface area contributed by atoms with Crippen molar-refractivity contribution in [3.63, 3.8) is 0 Å². The summed E-state index contributed by atoms with van der Waals surface area (Å²) in [4.78, 5) is 14.0. The third-order valence-corrected chi connectivity index (χ3v) is 3.20. The van der Waals surface area contributed by atoms with Gasteiger partial charge in [0.1, 0.15) is 0 Å². The fourth-order valence-corrected chi connectivity index (χ4v) is 2.14. The standard InChI is InChI=1S/C12H16ClN3O/c13-11-7-6-10(14-15-11)12(17)16-8-4-2-1-3-5-9-16/h6-7H,1-5,8-9H2. The zero-order valence-corrected chi connectivity index (χ0v) is 10.5. The van der Waals surface area contributed by atoms with E-state index >= 15 is 0 Å². The summed E-state index contributed by atoms with van der Waals surface area (Å²) in [7, 11) is 0. The molecule has 1 aliphatic heterocycles. The molecule has 2 heterocycles. The maximum Gasteiger partial charge on any atom is 0.274 e. The van der Waals surface area contributed by atoms with E-state index in [1.807, 2.05) is 4.90 Å². The van der Waals surface area contributed by atoms with E-state index in [0.717, 1.165) is 25.9 Å². The molecule has 0 aromatic carbocycles. The molecule has 0 bridgehead atoms. The van der Waals surface area contributed by atoms with Gasteiger partial charge >= 0.3 is 0 Å². The van der Waals surface area contributed by atoms with Crippen molar-refractivity contribution in [3.8, 4) is 0 Å². The van der Waals surface area contributed by atoms with Gasteiger partial charge in [-0.2, -0.15) is 0 Å². The van der Waals surface area contributed by atoms with Gasteiger partial charge in [-0.05, 0) is 25.0 Å². The minimum atomic E-state index is -0.0314. The number of amides is 1. The van der Waals surface area contributed by atoms with Crippen molar-refractivity contribution >= 4 is 17.5 Å². The molecule has 2 rings (SSSR count). The lowest BCUT2D eigenvalue weighted by molar-refractivity contribution is 0.0735. The molecule has 0 aliphatic carbocycles. The first-order valence-electron chi connectivity index (χ1n) is 6.06. The maximum atomic E-state index is 12.2. The summed E-state index contributed by atoms with van der Waals surface area (Å²) in [5.74, 6) is -0.0314.